The van der Waals surface area contributed by atoms with Gasteiger partial charge in [0.05, 0.1) is 17.1 Å². The van der Waals surface area contributed by atoms with E-state index in [0.717, 1.165) is 25.9 Å². The van der Waals surface area contributed by atoms with Gasteiger partial charge in [0.15, 0.2) is 9.84 Å². The van der Waals surface area contributed by atoms with Crippen molar-refractivity contribution in [2.75, 3.05) is 25.4 Å². The maximum absolute atomic E-state index is 11.6. The van der Waals surface area contributed by atoms with E-state index in [9.17, 15) is 8.42 Å². The second-order valence-electron chi connectivity index (χ2n) is 4.66. The molecule has 92 valence electrons. The predicted octanol–water partition coefficient (Wildman–Crippen LogP) is 1.05. The molecular weight excluding hydrogens is 224 g/mol. The topological polar surface area (TPSA) is 61.2 Å². The van der Waals surface area contributed by atoms with Gasteiger partial charge in [0.2, 0.25) is 0 Å². The van der Waals surface area contributed by atoms with Gasteiger partial charge in [-0.15, -0.1) is 0 Å². The lowest BCUT2D eigenvalue weighted by molar-refractivity contribution is 0.216. The SMILES string of the molecule is CC(C)S(=O)(=O)CCN1CCC(C#N)CC1. The summed E-state index contributed by atoms with van der Waals surface area (Å²) in [5.41, 5.74) is 0. The second kappa shape index (κ2) is 5.65. The van der Waals surface area contributed by atoms with Gasteiger partial charge in [-0.05, 0) is 39.8 Å². The summed E-state index contributed by atoms with van der Waals surface area (Å²) in [5, 5.41) is 8.46. The van der Waals surface area contributed by atoms with Gasteiger partial charge in [0.1, 0.15) is 0 Å². The van der Waals surface area contributed by atoms with E-state index in [2.05, 4.69) is 11.0 Å². The van der Waals surface area contributed by atoms with Gasteiger partial charge in [0.25, 0.3) is 0 Å². The largest absolute Gasteiger partial charge is 0.302 e. The first-order valence-electron chi connectivity index (χ1n) is 5.79. The number of piperidine rings is 1. The van der Waals surface area contributed by atoms with Crippen molar-refractivity contribution >= 4 is 9.84 Å². The average molecular weight is 244 g/mol. The molecule has 0 aromatic rings. The highest BCUT2D eigenvalue weighted by atomic mass is 32.2. The highest BCUT2D eigenvalue weighted by Crippen LogP contribution is 2.16. The molecule has 0 aliphatic carbocycles. The summed E-state index contributed by atoms with van der Waals surface area (Å²) in [7, 11) is -2.92. The Morgan fingerprint density at radius 2 is 1.94 bits per heavy atom. The molecule has 0 amide bonds. The summed E-state index contributed by atoms with van der Waals surface area (Å²) in [4.78, 5) is 2.15. The standard InChI is InChI=1S/C11H20N2O2S/c1-10(2)16(14,15)8-7-13-5-3-11(9-12)4-6-13/h10-11H,3-8H2,1-2H3. The first kappa shape index (κ1) is 13.5. The normalized spacial score (nSPS) is 19.9. The molecule has 0 atom stereocenters. The van der Waals surface area contributed by atoms with Gasteiger partial charge in [-0.2, -0.15) is 5.26 Å². The van der Waals surface area contributed by atoms with E-state index < -0.39 is 9.84 Å². The first-order valence-corrected chi connectivity index (χ1v) is 7.51. The van der Waals surface area contributed by atoms with Crippen LogP contribution in [-0.2, 0) is 9.84 Å². The summed E-state index contributed by atoms with van der Waals surface area (Å²) in [6, 6.07) is 2.27. The number of hydrogen-bond donors (Lipinski definition) is 0. The smallest absolute Gasteiger partial charge is 0.153 e. The minimum atomic E-state index is -2.92. The van der Waals surface area contributed by atoms with Gasteiger partial charge < -0.3 is 4.90 Å². The third-order valence-corrected chi connectivity index (χ3v) is 5.37. The molecule has 16 heavy (non-hydrogen) atoms. The lowest BCUT2D eigenvalue weighted by Gasteiger charge is -2.28. The van der Waals surface area contributed by atoms with Crippen molar-refractivity contribution in [3.63, 3.8) is 0 Å². The molecule has 1 fully saturated rings. The molecule has 1 aliphatic rings. The molecule has 1 rings (SSSR count). The minimum Gasteiger partial charge on any atom is -0.302 e. The Kier molecular flexibility index (Phi) is 4.75. The van der Waals surface area contributed by atoms with Crippen LogP contribution < -0.4 is 0 Å². The third-order valence-electron chi connectivity index (χ3n) is 3.18. The molecule has 0 aromatic carbocycles. The molecule has 5 heteroatoms. The maximum atomic E-state index is 11.6. The Bertz CT molecular complexity index is 349. The summed E-state index contributed by atoms with van der Waals surface area (Å²) >= 11 is 0. The zero-order valence-electron chi connectivity index (χ0n) is 10.0. The third kappa shape index (κ3) is 3.76. The molecule has 0 N–H and O–H groups in total. The zero-order chi connectivity index (χ0) is 12.2. The monoisotopic (exact) mass is 244 g/mol. The van der Waals surface area contributed by atoms with Crippen LogP contribution in [0.3, 0.4) is 0 Å². The van der Waals surface area contributed by atoms with E-state index in [1.807, 2.05) is 0 Å². The van der Waals surface area contributed by atoms with Crippen LogP contribution >= 0.6 is 0 Å². The summed E-state index contributed by atoms with van der Waals surface area (Å²) in [6.45, 7) is 5.75. The molecule has 0 aromatic heterocycles. The summed E-state index contributed by atoms with van der Waals surface area (Å²) < 4.78 is 23.2. The number of sulfone groups is 1. The maximum Gasteiger partial charge on any atom is 0.153 e. The molecule has 1 aliphatic heterocycles. The van der Waals surface area contributed by atoms with Crippen molar-refractivity contribution in [2.24, 2.45) is 5.92 Å². The lowest BCUT2D eigenvalue weighted by Crippen LogP contribution is -2.37. The number of hydrogen-bond acceptors (Lipinski definition) is 4. The van der Waals surface area contributed by atoms with E-state index in [-0.39, 0.29) is 16.9 Å². The summed E-state index contributed by atoms with van der Waals surface area (Å²) in [5.74, 6) is 0.403. The number of likely N-dealkylation sites (tertiary alicyclic amines) is 1. The van der Waals surface area contributed by atoms with Crippen molar-refractivity contribution in [1.29, 1.82) is 5.26 Å². The molecule has 0 bridgehead atoms. The van der Waals surface area contributed by atoms with Gasteiger partial charge in [0, 0.05) is 12.5 Å². The van der Waals surface area contributed by atoms with Crippen LogP contribution in [0.4, 0.5) is 0 Å². The second-order valence-corrected chi connectivity index (χ2v) is 7.34. The Balaban J connectivity index is 2.34. The molecule has 1 heterocycles. The fourth-order valence-corrected chi connectivity index (χ4v) is 2.76. The molecule has 0 radical (unpaired) electrons. The van der Waals surface area contributed by atoms with Crippen LogP contribution in [0.2, 0.25) is 0 Å². The number of nitriles is 1. The number of nitrogens with zero attached hydrogens (tertiary/aromatic N) is 2. The number of rotatable bonds is 4. The highest BCUT2D eigenvalue weighted by molar-refractivity contribution is 7.92. The van der Waals surface area contributed by atoms with Crippen molar-refractivity contribution in [3.8, 4) is 6.07 Å². The quantitative estimate of drug-likeness (QED) is 0.741. The molecule has 0 spiro atoms. The minimum absolute atomic E-state index is 0.165. The van der Waals surface area contributed by atoms with Crippen LogP contribution in [0, 0.1) is 17.2 Å². The Labute approximate surface area is 98.2 Å². The van der Waals surface area contributed by atoms with E-state index in [1.165, 1.54) is 0 Å². The van der Waals surface area contributed by atoms with Crippen LogP contribution in [0.1, 0.15) is 26.7 Å². The van der Waals surface area contributed by atoms with Gasteiger partial charge >= 0.3 is 0 Å². The fraction of sp³-hybridized carbons (Fsp3) is 0.909. The summed E-state index contributed by atoms with van der Waals surface area (Å²) in [6.07, 6.45) is 1.75. The van der Waals surface area contributed by atoms with Gasteiger partial charge in [-0.3, -0.25) is 0 Å². The Morgan fingerprint density at radius 1 is 1.38 bits per heavy atom. The van der Waals surface area contributed by atoms with Crippen LogP contribution in [0.15, 0.2) is 0 Å². The van der Waals surface area contributed by atoms with E-state index in [4.69, 9.17) is 5.26 Å². The Hall–Kier alpha value is -0.600. The molecule has 0 saturated carbocycles. The van der Waals surface area contributed by atoms with Crippen LogP contribution in [0.5, 0.6) is 0 Å². The van der Waals surface area contributed by atoms with Crippen molar-refractivity contribution in [1.82, 2.24) is 4.90 Å². The van der Waals surface area contributed by atoms with E-state index in [0.29, 0.717) is 6.54 Å². The molecule has 1 saturated heterocycles. The van der Waals surface area contributed by atoms with Crippen LogP contribution in [-0.4, -0.2) is 44.0 Å². The zero-order valence-corrected chi connectivity index (χ0v) is 10.8. The predicted molar refractivity (Wildman–Crippen MR) is 63.7 cm³/mol. The van der Waals surface area contributed by atoms with Crippen LogP contribution in [0.25, 0.3) is 0 Å². The first-order chi connectivity index (χ1) is 7.45. The average Bonchev–Trinajstić information content (AvgIpc) is 2.27. The molecule has 0 unspecified atom stereocenters. The van der Waals surface area contributed by atoms with E-state index >= 15 is 0 Å². The highest BCUT2D eigenvalue weighted by Gasteiger charge is 2.21. The fourth-order valence-electron chi connectivity index (χ4n) is 1.78. The molecule has 4 nitrogen and oxygen atoms in total. The van der Waals surface area contributed by atoms with Gasteiger partial charge in [-0.1, -0.05) is 0 Å². The Morgan fingerprint density at radius 3 is 2.38 bits per heavy atom. The molecular formula is C11H20N2O2S. The van der Waals surface area contributed by atoms with E-state index in [1.54, 1.807) is 13.8 Å². The van der Waals surface area contributed by atoms with Crippen molar-refractivity contribution < 1.29 is 8.42 Å². The lowest BCUT2D eigenvalue weighted by atomic mass is 9.99. The van der Waals surface area contributed by atoms with Crippen molar-refractivity contribution in [2.45, 2.75) is 31.9 Å². The van der Waals surface area contributed by atoms with Crippen molar-refractivity contribution in [3.05, 3.63) is 0 Å². The van der Waals surface area contributed by atoms with Gasteiger partial charge in [-0.25, -0.2) is 8.42 Å².